The lowest BCUT2D eigenvalue weighted by Gasteiger charge is -2.22. The molecule has 2 aliphatic rings. The molecule has 7 nitrogen and oxygen atoms in total. The van der Waals surface area contributed by atoms with E-state index >= 15 is 0 Å². The molecule has 0 aromatic heterocycles. The third-order valence-electron chi connectivity index (χ3n) is 3.76. The number of rotatable bonds is 4. The zero-order chi connectivity index (χ0) is 14.2. The van der Waals surface area contributed by atoms with E-state index in [1.54, 1.807) is 7.05 Å². The number of carbonyl (C=O) groups excluding carboxylic acids is 1. The predicted octanol–water partition coefficient (Wildman–Crippen LogP) is -0.982. The highest BCUT2D eigenvalue weighted by molar-refractivity contribution is 7.86. The zero-order valence-electron chi connectivity index (χ0n) is 11.5. The Morgan fingerprint density at radius 2 is 2.11 bits per heavy atom. The minimum absolute atomic E-state index is 0.0391. The van der Waals surface area contributed by atoms with Crippen molar-refractivity contribution in [2.24, 2.45) is 5.92 Å². The van der Waals surface area contributed by atoms with Gasteiger partial charge in [-0.1, -0.05) is 0 Å². The molecule has 2 saturated heterocycles. The van der Waals surface area contributed by atoms with Crippen LogP contribution in [0, 0.1) is 5.92 Å². The van der Waals surface area contributed by atoms with E-state index < -0.39 is 10.2 Å². The van der Waals surface area contributed by atoms with Gasteiger partial charge in [0.2, 0.25) is 5.91 Å². The summed E-state index contributed by atoms with van der Waals surface area (Å²) < 4.78 is 32.5. The molecule has 0 bridgehead atoms. The molecule has 0 spiro atoms. The quantitative estimate of drug-likeness (QED) is 0.722. The second kappa shape index (κ2) is 5.35. The van der Waals surface area contributed by atoms with Gasteiger partial charge in [-0.3, -0.25) is 4.79 Å². The van der Waals surface area contributed by atoms with Crippen molar-refractivity contribution in [3.8, 4) is 0 Å². The number of amides is 1. The number of fused-ring (bicyclic) bond motifs is 1. The van der Waals surface area contributed by atoms with E-state index in [4.69, 9.17) is 4.74 Å². The van der Waals surface area contributed by atoms with Crippen LogP contribution in [0.5, 0.6) is 0 Å². The minimum Gasteiger partial charge on any atom is -0.373 e. The van der Waals surface area contributed by atoms with Gasteiger partial charge in [0.1, 0.15) is 0 Å². The van der Waals surface area contributed by atoms with Gasteiger partial charge in [0, 0.05) is 40.2 Å². The average Bonchev–Trinajstić information content (AvgIpc) is 2.86. The Bertz CT molecular complexity index is 437. The van der Waals surface area contributed by atoms with Crippen LogP contribution in [0.15, 0.2) is 0 Å². The number of hydrogen-bond donors (Lipinski definition) is 1. The molecule has 0 aromatic carbocycles. The summed E-state index contributed by atoms with van der Waals surface area (Å²) in [6, 6.07) is 0. The molecule has 0 unspecified atom stereocenters. The summed E-state index contributed by atoms with van der Waals surface area (Å²) in [7, 11) is 1.30. The van der Waals surface area contributed by atoms with Gasteiger partial charge in [-0.2, -0.15) is 17.0 Å². The van der Waals surface area contributed by atoms with Gasteiger partial charge in [0.25, 0.3) is 10.2 Å². The van der Waals surface area contributed by atoms with Crippen molar-refractivity contribution >= 4 is 16.1 Å². The average molecular weight is 291 g/mol. The third-order valence-corrected chi connectivity index (χ3v) is 5.63. The van der Waals surface area contributed by atoms with Crippen LogP contribution in [-0.2, 0) is 19.7 Å². The molecule has 0 radical (unpaired) electrons. The molecule has 1 amide bonds. The Kier molecular flexibility index (Phi) is 4.14. The molecule has 19 heavy (non-hydrogen) atoms. The van der Waals surface area contributed by atoms with Gasteiger partial charge in [-0.25, -0.2) is 0 Å². The Morgan fingerprint density at radius 1 is 1.42 bits per heavy atom. The van der Waals surface area contributed by atoms with Crippen molar-refractivity contribution in [2.45, 2.75) is 25.0 Å². The molecule has 0 aliphatic carbocycles. The molecule has 1 N–H and O–H groups in total. The van der Waals surface area contributed by atoms with Crippen molar-refractivity contribution in [3.05, 3.63) is 0 Å². The van der Waals surface area contributed by atoms with E-state index in [0.29, 0.717) is 19.5 Å². The third kappa shape index (κ3) is 2.91. The first kappa shape index (κ1) is 14.7. The highest BCUT2D eigenvalue weighted by Gasteiger charge is 2.46. The zero-order valence-corrected chi connectivity index (χ0v) is 12.3. The summed E-state index contributed by atoms with van der Waals surface area (Å²) in [5.41, 5.74) is 0. The van der Waals surface area contributed by atoms with E-state index in [-0.39, 0.29) is 24.0 Å². The Labute approximate surface area is 114 Å². The van der Waals surface area contributed by atoms with Crippen molar-refractivity contribution in [3.63, 3.8) is 0 Å². The maximum absolute atomic E-state index is 12.0. The molecule has 0 saturated carbocycles. The monoisotopic (exact) mass is 291 g/mol. The van der Waals surface area contributed by atoms with Crippen molar-refractivity contribution < 1.29 is 17.9 Å². The fourth-order valence-electron chi connectivity index (χ4n) is 2.68. The highest BCUT2D eigenvalue weighted by atomic mass is 32.2. The number of ether oxygens (including phenoxy) is 1. The SMILES string of the molecule is CNC(=O)C[C@@H]1C[C@H]2CN(S(=O)(=O)N(C)C)C[C@H]2O1. The second-order valence-electron chi connectivity index (χ2n) is 5.28. The van der Waals surface area contributed by atoms with Crippen LogP contribution in [0.3, 0.4) is 0 Å². The molecule has 3 atom stereocenters. The molecule has 2 heterocycles. The van der Waals surface area contributed by atoms with Gasteiger partial charge >= 0.3 is 0 Å². The van der Waals surface area contributed by atoms with Crippen LogP contribution < -0.4 is 5.32 Å². The van der Waals surface area contributed by atoms with E-state index in [1.807, 2.05) is 0 Å². The number of nitrogens with one attached hydrogen (secondary N) is 1. The minimum atomic E-state index is -3.36. The van der Waals surface area contributed by atoms with Crippen LogP contribution in [-0.4, -0.2) is 69.4 Å². The maximum atomic E-state index is 12.0. The fraction of sp³-hybridized carbons (Fsp3) is 0.909. The summed E-state index contributed by atoms with van der Waals surface area (Å²) in [6.45, 7) is 0.866. The lowest BCUT2D eigenvalue weighted by Crippen LogP contribution is -2.40. The van der Waals surface area contributed by atoms with E-state index in [9.17, 15) is 13.2 Å². The lowest BCUT2D eigenvalue weighted by molar-refractivity contribution is -0.123. The van der Waals surface area contributed by atoms with Crippen LogP contribution in [0.2, 0.25) is 0 Å². The van der Waals surface area contributed by atoms with Crippen molar-refractivity contribution in [1.82, 2.24) is 13.9 Å². The number of hydrogen-bond acceptors (Lipinski definition) is 4. The maximum Gasteiger partial charge on any atom is 0.281 e. The Balaban J connectivity index is 1.92. The molecular formula is C11H21N3O4S. The predicted molar refractivity (Wildman–Crippen MR) is 69.6 cm³/mol. The first-order valence-electron chi connectivity index (χ1n) is 6.38. The normalized spacial score (nSPS) is 31.7. The van der Waals surface area contributed by atoms with Crippen LogP contribution in [0.25, 0.3) is 0 Å². The topological polar surface area (TPSA) is 79.0 Å². The molecule has 8 heteroatoms. The molecular weight excluding hydrogens is 270 g/mol. The molecule has 2 rings (SSSR count). The standard InChI is InChI=1S/C11H21N3O4S/c1-12-11(15)5-9-4-8-6-14(7-10(8)18-9)19(16,17)13(2)3/h8-10H,4-7H2,1-3H3,(H,12,15)/t8-,9-,10+/m0/s1. The number of carbonyl (C=O) groups is 1. The van der Waals surface area contributed by atoms with Crippen LogP contribution >= 0.6 is 0 Å². The first-order valence-corrected chi connectivity index (χ1v) is 7.78. The molecule has 2 aliphatic heterocycles. The largest absolute Gasteiger partial charge is 0.373 e. The van der Waals surface area contributed by atoms with Gasteiger partial charge in [-0.15, -0.1) is 0 Å². The summed E-state index contributed by atoms with van der Waals surface area (Å²) in [4.78, 5) is 11.3. The Morgan fingerprint density at radius 3 is 2.63 bits per heavy atom. The first-order chi connectivity index (χ1) is 8.84. The van der Waals surface area contributed by atoms with Gasteiger partial charge in [-0.05, 0) is 6.42 Å². The van der Waals surface area contributed by atoms with Crippen LogP contribution in [0.4, 0.5) is 0 Å². The van der Waals surface area contributed by atoms with E-state index in [1.165, 1.54) is 22.7 Å². The van der Waals surface area contributed by atoms with Gasteiger partial charge in [0.15, 0.2) is 0 Å². The summed E-state index contributed by atoms with van der Waals surface area (Å²) in [5, 5.41) is 2.57. The van der Waals surface area contributed by atoms with Crippen molar-refractivity contribution in [1.29, 1.82) is 0 Å². The second-order valence-corrected chi connectivity index (χ2v) is 7.42. The van der Waals surface area contributed by atoms with Gasteiger partial charge in [0.05, 0.1) is 18.6 Å². The number of nitrogens with zero attached hydrogens (tertiary/aromatic N) is 2. The highest BCUT2D eigenvalue weighted by Crippen LogP contribution is 2.35. The fourth-order valence-corrected chi connectivity index (χ4v) is 3.86. The van der Waals surface area contributed by atoms with Crippen molar-refractivity contribution in [2.75, 3.05) is 34.2 Å². The van der Waals surface area contributed by atoms with E-state index in [0.717, 1.165) is 6.42 Å². The lowest BCUT2D eigenvalue weighted by atomic mass is 10.0. The van der Waals surface area contributed by atoms with E-state index in [2.05, 4.69) is 5.32 Å². The smallest absolute Gasteiger partial charge is 0.281 e. The summed E-state index contributed by atoms with van der Waals surface area (Å²) in [6.07, 6.45) is 0.935. The summed E-state index contributed by atoms with van der Waals surface area (Å²) >= 11 is 0. The molecule has 110 valence electrons. The molecule has 0 aromatic rings. The Hall–Kier alpha value is -0.700. The van der Waals surface area contributed by atoms with Crippen LogP contribution in [0.1, 0.15) is 12.8 Å². The van der Waals surface area contributed by atoms with Gasteiger partial charge < -0.3 is 10.1 Å². The molecule has 2 fully saturated rings. The summed E-state index contributed by atoms with van der Waals surface area (Å²) in [5.74, 6) is 0.159.